The third kappa shape index (κ3) is 2.62. The summed E-state index contributed by atoms with van der Waals surface area (Å²) >= 11 is 11.7. The molecule has 0 fully saturated rings. The molecule has 0 bridgehead atoms. The first-order chi connectivity index (χ1) is 8.90. The van der Waals surface area contributed by atoms with Gasteiger partial charge in [-0.15, -0.1) is 0 Å². The zero-order valence-corrected chi connectivity index (χ0v) is 11.2. The van der Waals surface area contributed by atoms with Crippen LogP contribution >= 0.6 is 23.2 Å². The lowest BCUT2D eigenvalue weighted by Gasteiger charge is -2.06. The average Bonchev–Trinajstić information content (AvgIpc) is 2.26. The van der Waals surface area contributed by atoms with Crippen molar-refractivity contribution in [2.45, 2.75) is 6.92 Å². The van der Waals surface area contributed by atoms with Gasteiger partial charge in [0.25, 0.3) is 5.56 Å². The van der Waals surface area contributed by atoms with Crippen LogP contribution in [0.2, 0.25) is 10.0 Å². The Morgan fingerprint density at radius 2 is 1.74 bits per heavy atom. The fourth-order valence-electron chi connectivity index (χ4n) is 1.63. The molecule has 5 nitrogen and oxygen atoms in total. The Labute approximate surface area is 117 Å². The highest BCUT2D eigenvalue weighted by atomic mass is 35.5. The molecule has 0 unspecified atom stereocenters. The summed E-state index contributed by atoms with van der Waals surface area (Å²) in [7, 11) is 0. The number of halogens is 2. The summed E-state index contributed by atoms with van der Waals surface area (Å²) in [5.41, 5.74) is -1.30. The Kier molecular flexibility index (Phi) is 3.59. The number of hydrogen-bond donors (Lipinski definition) is 1. The van der Waals surface area contributed by atoms with Gasteiger partial charge >= 0.3 is 5.69 Å². The van der Waals surface area contributed by atoms with Gasteiger partial charge in [0.2, 0.25) is 0 Å². The average molecular weight is 299 g/mol. The smallest absolute Gasteiger partial charge is 0.313 e. The maximum absolute atomic E-state index is 12.1. The molecule has 0 amide bonds. The summed E-state index contributed by atoms with van der Waals surface area (Å²) in [6, 6.07) is 4.29. The van der Waals surface area contributed by atoms with Gasteiger partial charge in [-0.25, -0.2) is 9.36 Å². The van der Waals surface area contributed by atoms with E-state index in [0.717, 1.165) is 10.8 Å². The summed E-state index contributed by atoms with van der Waals surface area (Å²) in [5.74, 6) is -0.442. The number of carbonyl (C=O) groups excluding carboxylic acids is 1. The Morgan fingerprint density at radius 3 is 2.26 bits per heavy atom. The highest BCUT2D eigenvalue weighted by Crippen LogP contribution is 2.20. The number of aromatic nitrogens is 2. The zero-order chi connectivity index (χ0) is 14.2. The summed E-state index contributed by atoms with van der Waals surface area (Å²) in [5, 5.41) is 0.559. The van der Waals surface area contributed by atoms with E-state index in [-0.39, 0.29) is 21.3 Å². The van der Waals surface area contributed by atoms with E-state index in [1.165, 1.54) is 25.1 Å². The van der Waals surface area contributed by atoms with Crippen molar-refractivity contribution >= 4 is 29.0 Å². The third-order valence-corrected chi connectivity index (χ3v) is 2.90. The molecular formula is C12H8Cl2N2O3. The van der Waals surface area contributed by atoms with E-state index in [1.807, 2.05) is 0 Å². The lowest BCUT2D eigenvalue weighted by atomic mass is 10.2. The summed E-state index contributed by atoms with van der Waals surface area (Å²) < 4.78 is 0.814. The van der Waals surface area contributed by atoms with Gasteiger partial charge in [0, 0.05) is 16.2 Å². The highest BCUT2D eigenvalue weighted by molar-refractivity contribution is 6.34. The predicted molar refractivity (Wildman–Crippen MR) is 72.7 cm³/mol. The number of ketones is 1. The van der Waals surface area contributed by atoms with Crippen molar-refractivity contribution < 1.29 is 4.79 Å². The second kappa shape index (κ2) is 5.03. The minimum absolute atomic E-state index is 0.115. The molecule has 1 N–H and O–H groups in total. The van der Waals surface area contributed by atoms with Crippen LogP contribution in [-0.4, -0.2) is 15.3 Å². The van der Waals surface area contributed by atoms with Crippen molar-refractivity contribution in [3.05, 3.63) is 60.8 Å². The Balaban J connectivity index is 2.82. The van der Waals surface area contributed by atoms with Crippen LogP contribution in [0.15, 0.2) is 34.0 Å². The van der Waals surface area contributed by atoms with Crippen molar-refractivity contribution in [3.63, 3.8) is 0 Å². The number of Topliss-reactive ketones (excluding diaryl/α,β-unsaturated/α-hetero) is 1. The highest BCUT2D eigenvalue weighted by Gasteiger charge is 2.13. The van der Waals surface area contributed by atoms with Crippen molar-refractivity contribution in [2.75, 3.05) is 0 Å². The normalized spacial score (nSPS) is 10.5. The van der Waals surface area contributed by atoms with Gasteiger partial charge in [-0.05, 0) is 25.1 Å². The van der Waals surface area contributed by atoms with E-state index in [9.17, 15) is 14.4 Å². The fourth-order valence-corrected chi connectivity index (χ4v) is 2.14. The monoisotopic (exact) mass is 298 g/mol. The van der Waals surface area contributed by atoms with Crippen LogP contribution in [0.25, 0.3) is 5.69 Å². The lowest BCUT2D eigenvalue weighted by molar-refractivity contribution is 0.101. The SMILES string of the molecule is CC(=O)c1c[nH]c(=O)n(-c2cc(Cl)cc(Cl)c2)c1=O. The van der Waals surface area contributed by atoms with E-state index < -0.39 is 17.0 Å². The maximum atomic E-state index is 12.1. The van der Waals surface area contributed by atoms with E-state index >= 15 is 0 Å². The predicted octanol–water partition coefficient (Wildman–Crippen LogP) is 2.04. The topological polar surface area (TPSA) is 71.9 Å². The first kappa shape index (κ1) is 13.6. The minimum atomic E-state index is -0.713. The van der Waals surface area contributed by atoms with Gasteiger partial charge in [0.05, 0.1) is 11.3 Å². The molecule has 2 rings (SSSR count). The Bertz CT molecular complexity index is 757. The largest absolute Gasteiger partial charge is 0.333 e. The molecule has 19 heavy (non-hydrogen) atoms. The quantitative estimate of drug-likeness (QED) is 0.862. The van der Waals surface area contributed by atoms with E-state index in [0.29, 0.717) is 0 Å². The van der Waals surface area contributed by atoms with Gasteiger partial charge in [-0.2, -0.15) is 0 Å². The molecule has 0 saturated heterocycles. The molecule has 0 aliphatic rings. The lowest BCUT2D eigenvalue weighted by Crippen LogP contribution is -2.36. The summed E-state index contributed by atoms with van der Waals surface area (Å²) in [4.78, 5) is 37.5. The number of nitrogens with zero attached hydrogens (tertiary/aromatic N) is 1. The first-order valence-corrected chi connectivity index (χ1v) is 5.98. The van der Waals surface area contributed by atoms with Gasteiger partial charge in [0.15, 0.2) is 5.78 Å². The number of carbonyl (C=O) groups is 1. The van der Waals surface area contributed by atoms with Gasteiger partial charge in [0.1, 0.15) is 0 Å². The van der Waals surface area contributed by atoms with E-state index in [4.69, 9.17) is 23.2 Å². The third-order valence-electron chi connectivity index (χ3n) is 2.46. The van der Waals surface area contributed by atoms with Crippen molar-refractivity contribution in [1.29, 1.82) is 0 Å². The molecule has 7 heteroatoms. The van der Waals surface area contributed by atoms with Crippen LogP contribution in [0.4, 0.5) is 0 Å². The molecule has 1 aromatic heterocycles. The van der Waals surface area contributed by atoms with Gasteiger partial charge < -0.3 is 4.98 Å². The standard InChI is InChI=1S/C12H8Cl2N2O3/c1-6(17)10-5-15-12(19)16(11(10)18)9-3-7(13)2-8(14)4-9/h2-5H,1H3,(H,15,19). The van der Waals surface area contributed by atoms with Crippen LogP contribution in [0.5, 0.6) is 0 Å². The molecule has 0 aliphatic carbocycles. The van der Waals surface area contributed by atoms with Gasteiger partial charge in [-0.3, -0.25) is 9.59 Å². The molecule has 0 atom stereocenters. The second-order valence-corrected chi connectivity index (χ2v) is 4.70. The molecule has 98 valence electrons. The zero-order valence-electron chi connectivity index (χ0n) is 9.74. The van der Waals surface area contributed by atoms with E-state index in [2.05, 4.69) is 4.98 Å². The number of aromatic amines is 1. The van der Waals surface area contributed by atoms with Crippen molar-refractivity contribution in [3.8, 4) is 5.69 Å². The van der Waals surface area contributed by atoms with E-state index in [1.54, 1.807) is 0 Å². The molecule has 0 saturated carbocycles. The Morgan fingerprint density at radius 1 is 1.16 bits per heavy atom. The second-order valence-electron chi connectivity index (χ2n) is 3.83. The number of rotatable bonds is 2. The number of benzene rings is 1. The van der Waals surface area contributed by atoms with Crippen LogP contribution in [0.1, 0.15) is 17.3 Å². The molecule has 0 spiro atoms. The molecule has 1 heterocycles. The number of hydrogen-bond acceptors (Lipinski definition) is 3. The molecule has 2 aromatic rings. The van der Waals surface area contributed by atoms with Crippen molar-refractivity contribution in [1.82, 2.24) is 9.55 Å². The maximum Gasteiger partial charge on any atom is 0.333 e. The van der Waals surface area contributed by atoms with Crippen LogP contribution < -0.4 is 11.2 Å². The Hall–Kier alpha value is -1.85. The van der Waals surface area contributed by atoms with Crippen molar-refractivity contribution in [2.24, 2.45) is 0 Å². The molecule has 0 aliphatic heterocycles. The minimum Gasteiger partial charge on any atom is -0.313 e. The fraction of sp³-hybridized carbons (Fsp3) is 0.0833. The summed E-state index contributed by atoms with van der Waals surface area (Å²) in [6.07, 6.45) is 1.09. The molecular weight excluding hydrogens is 291 g/mol. The molecule has 1 aromatic carbocycles. The number of nitrogens with one attached hydrogen (secondary N) is 1. The molecule has 0 radical (unpaired) electrons. The van der Waals surface area contributed by atoms with Crippen LogP contribution in [-0.2, 0) is 0 Å². The summed E-state index contributed by atoms with van der Waals surface area (Å²) in [6.45, 7) is 1.24. The van der Waals surface area contributed by atoms with Crippen LogP contribution in [0, 0.1) is 0 Å². The van der Waals surface area contributed by atoms with Gasteiger partial charge in [-0.1, -0.05) is 23.2 Å². The number of H-pyrrole nitrogens is 1. The van der Waals surface area contributed by atoms with Crippen LogP contribution in [0.3, 0.4) is 0 Å². The first-order valence-electron chi connectivity index (χ1n) is 5.22.